The van der Waals surface area contributed by atoms with Crippen LogP contribution in [0.25, 0.3) is 0 Å². The summed E-state index contributed by atoms with van der Waals surface area (Å²) < 4.78 is 2.38. The van der Waals surface area contributed by atoms with Crippen molar-refractivity contribution in [3.63, 3.8) is 0 Å². The Balaban J connectivity index is 2.06. The second kappa shape index (κ2) is 5.00. The minimum atomic E-state index is 0.532. The van der Waals surface area contributed by atoms with Crippen molar-refractivity contribution >= 4 is 0 Å². The van der Waals surface area contributed by atoms with E-state index in [2.05, 4.69) is 35.6 Å². The van der Waals surface area contributed by atoms with Crippen molar-refractivity contribution in [2.75, 3.05) is 0 Å². The lowest BCUT2D eigenvalue weighted by Crippen LogP contribution is -2.24. The van der Waals surface area contributed by atoms with Crippen molar-refractivity contribution in [1.29, 1.82) is 0 Å². The average Bonchev–Trinajstić information content (AvgIpc) is 2.82. The van der Waals surface area contributed by atoms with Gasteiger partial charge in [0.15, 0.2) is 0 Å². The van der Waals surface area contributed by atoms with Crippen molar-refractivity contribution in [2.45, 2.75) is 58.7 Å². The highest BCUT2D eigenvalue weighted by Gasteiger charge is 2.25. The standard InChI is InChI=1S/C13H23N3/c1-10(2)15-8-12-7-14-9-16(12)13-6-4-5-11(13)3/h7,9-11,13,15H,4-6,8H2,1-3H3. The Bertz CT molecular complexity index is 330. The van der Waals surface area contributed by atoms with E-state index in [9.17, 15) is 0 Å². The molecule has 1 aromatic rings. The second-order valence-corrected chi connectivity index (χ2v) is 5.30. The highest BCUT2D eigenvalue weighted by atomic mass is 15.1. The highest BCUT2D eigenvalue weighted by molar-refractivity contribution is 5.02. The first-order chi connectivity index (χ1) is 7.68. The molecule has 0 aliphatic heterocycles. The molecule has 3 nitrogen and oxygen atoms in total. The van der Waals surface area contributed by atoms with Gasteiger partial charge in [-0.3, -0.25) is 0 Å². The molecule has 1 N–H and O–H groups in total. The zero-order chi connectivity index (χ0) is 11.5. The largest absolute Gasteiger partial charge is 0.330 e. The summed E-state index contributed by atoms with van der Waals surface area (Å²) >= 11 is 0. The molecular weight excluding hydrogens is 198 g/mol. The van der Waals surface area contributed by atoms with Crippen LogP contribution in [0.4, 0.5) is 0 Å². The fourth-order valence-corrected chi connectivity index (χ4v) is 2.62. The van der Waals surface area contributed by atoms with Crippen molar-refractivity contribution in [3.05, 3.63) is 18.2 Å². The van der Waals surface area contributed by atoms with Crippen LogP contribution in [0.5, 0.6) is 0 Å². The Hall–Kier alpha value is -0.830. The summed E-state index contributed by atoms with van der Waals surface area (Å²) in [6, 6.07) is 1.20. The first-order valence-electron chi connectivity index (χ1n) is 6.42. The average molecular weight is 221 g/mol. The van der Waals surface area contributed by atoms with Crippen molar-refractivity contribution in [1.82, 2.24) is 14.9 Å². The van der Waals surface area contributed by atoms with Crippen molar-refractivity contribution in [2.24, 2.45) is 5.92 Å². The second-order valence-electron chi connectivity index (χ2n) is 5.30. The van der Waals surface area contributed by atoms with Crippen molar-refractivity contribution < 1.29 is 0 Å². The van der Waals surface area contributed by atoms with Gasteiger partial charge in [-0.2, -0.15) is 0 Å². The summed E-state index contributed by atoms with van der Waals surface area (Å²) in [6.45, 7) is 7.65. The summed E-state index contributed by atoms with van der Waals surface area (Å²) in [5.74, 6) is 0.798. The first-order valence-corrected chi connectivity index (χ1v) is 6.42. The molecule has 1 fully saturated rings. The van der Waals surface area contributed by atoms with Crippen LogP contribution < -0.4 is 5.32 Å². The molecule has 2 unspecified atom stereocenters. The van der Waals surface area contributed by atoms with Crippen LogP contribution in [0, 0.1) is 5.92 Å². The monoisotopic (exact) mass is 221 g/mol. The maximum atomic E-state index is 4.30. The number of aromatic nitrogens is 2. The Morgan fingerprint density at radius 3 is 2.94 bits per heavy atom. The summed E-state index contributed by atoms with van der Waals surface area (Å²) in [5, 5.41) is 3.47. The summed E-state index contributed by atoms with van der Waals surface area (Å²) in [5.41, 5.74) is 1.33. The Morgan fingerprint density at radius 2 is 2.31 bits per heavy atom. The van der Waals surface area contributed by atoms with Crippen LogP contribution in [-0.4, -0.2) is 15.6 Å². The molecule has 1 aliphatic rings. The van der Waals surface area contributed by atoms with Gasteiger partial charge in [0.05, 0.1) is 12.0 Å². The topological polar surface area (TPSA) is 29.9 Å². The molecule has 2 rings (SSSR count). The molecule has 0 radical (unpaired) electrons. The molecular formula is C13H23N3. The third kappa shape index (κ3) is 2.46. The van der Waals surface area contributed by atoms with Gasteiger partial charge in [-0.15, -0.1) is 0 Å². The highest BCUT2D eigenvalue weighted by Crippen LogP contribution is 2.35. The van der Waals surface area contributed by atoms with E-state index in [0.717, 1.165) is 12.5 Å². The Kier molecular flexibility index (Phi) is 3.64. The predicted molar refractivity (Wildman–Crippen MR) is 66.3 cm³/mol. The number of rotatable bonds is 4. The van der Waals surface area contributed by atoms with Gasteiger partial charge in [-0.25, -0.2) is 4.98 Å². The normalized spacial score (nSPS) is 25.5. The smallest absolute Gasteiger partial charge is 0.0951 e. The molecule has 0 amide bonds. The minimum absolute atomic E-state index is 0.532. The zero-order valence-corrected chi connectivity index (χ0v) is 10.6. The van der Waals surface area contributed by atoms with Crippen LogP contribution in [-0.2, 0) is 6.54 Å². The minimum Gasteiger partial charge on any atom is -0.330 e. The van der Waals surface area contributed by atoms with Gasteiger partial charge in [-0.05, 0) is 18.8 Å². The van der Waals surface area contributed by atoms with E-state index in [4.69, 9.17) is 0 Å². The van der Waals surface area contributed by atoms with E-state index in [1.54, 1.807) is 0 Å². The van der Waals surface area contributed by atoms with Gasteiger partial charge in [0.25, 0.3) is 0 Å². The number of hydrogen-bond donors (Lipinski definition) is 1. The van der Waals surface area contributed by atoms with Crippen LogP contribution >= 0.6 is 0 Å². The molecule has 90 valence electrons. The molecule has 16 heavy (non-hydrogen) atoms. The van der Waals surface area contributed by atoms with Gasteiger partial charge >= 0.3 is 0 Å². The summed E-state index contributed by atoms with van der Waals surface area (Å²) in [7, 11) is 0. The predicted octanol–water partition coefficient (Wildman–Crippen LogP) is 2.74. The molecule has 1 aliphatic carbocycles. The van der Waals surface area contributed by atoms with E-state index < -0.39 is 0 Å². The molecule has 0 saturated heterocycles. The lowest BCUT2D eigenvalue weighted by Gasteiger charge is -2.20. The Labute approximate surface area is 98.3 Å². The fraction of sp³-hybridized carbons (Fsp3) is 0.769. The van der Waals surface area contributed by atoms with Crippen LogP contribution in [0.1, 0.15) is 51.8 Å². The van der Waals surface area contributed by atoms with Crippen LogP contribution in [0.15, 0.2) is 12.5 Å². The van der Waals surface area contributed by atoms with E-state index in [-0.39, 0.29) is 0 Å². The summed E-state index contributed by atoms with van der Waals surface area (Å²) in [4.78, 5) is 4.30. The zero-order valence-electron chi connectivity index (χ0n) is 10.6. The molecule has 3 heteroatoms. The number of nitrogens with zero attached hydrogens (tertiary/aromatic N) is 2. The lowest BCUT2D eigenvalue weighted by atomic mass is 10.1. The molecule has 1 heterocycles. The van der Waals surface area contributed by atoms with Gasteiger partial charge in [0.1, 0.15) is 0 Å². The summed E-state index contributed by atoms with van der Waals surface area (Å²) in [6.07, 6.45) is 8.04. The quantitative estimate of drug-likeness (QED) is 0.847. The van der Waals surface area contributed by atoms with Gasteiger partial charge in [0, 0.05) is 24.8 Å². The number of nitrogens with one attached hydrogen (secondary N) is 1. The molecule has 2 atom stereocenters. The van der Waals surface area contributed by atoms with Crippen LogP contribution in [0.2, 0.25) is 0 Å². The maximum Gasteiger partial charge on any atom is 0.0951 e. The van der Waals surface area contributed by atoms with E-state index >= 15 is 0 Å². The fourth-order valence-electron chi connectivity index (χ4n) is 2.62. The first kappa shape index (κ1) is 11.6. The maximum absolute atomic E-state index is 4.30. The number of imidazole rings is 1. The third-order valence-corrected chi connectivity index (χ3v) is 3.61. The van der Waals surface area contributed by atoms with E-state index in [1.807, 2.05) is 12.5 Å². The lowest BCUT2D eigenvalue weighted by molar-refractivity contribution is 0.392. The van der Waals surface area contributed by atoms with Gasteiger partial charge in [0.2, 0.25) is 0 Å². The Morgan fingerprint density at radius 1 is 1.50 bits per heavy atom. The number of hydrogen-bond acceptors (Lipinski definition) is 2. The SMILES string of the molecule is CC(C)NCc1cncn1C1CCCC1C. The third-order valence-electron chi connectivity index (χ3n) is 3.61. The van der Waals surface area contributed by atoms with Crippen molar-refractivity contribution in [3.8, 4) is 0 Å². The van der Waals surface area contributed by atoms with Crippen LogP contribution in [0.3, 0.4) is 0 Å². The molecule has 0 bridgehead atoms. The van der Waals surface area contributed by atoms with E-state index in [1.165, 1.54) is 25.0 Å². The molecule has 1 saturated carbocycles. The van der Waals surface area contributed by atoms with E-state index in [0.29, 0.717) is 12.1 Å². The molecule has 0 spiro atoms. The molecule has 1 aromatic heterocycles. The van der Waals surface area contributed by atoms with Gasteiger partial charge < -0.3 is 9.88 Å². The molecule has 0 aromatic carbocycles. The van der Waals surface area contributed by atoms with Gasteiger partial charge in [-0.1, -0.05) is 27.2 Å².